The minimum atomic E-state index is -0.798. The smallest absolute Gasteiger partial charge is 0.309 e. The number of esters is 1. The summed E-state index contributed by atoms with van der Waals surface area (Å²) in [4.78, 5) is 31.4. The summed E-state index contributed by atoms with van der Waals surface area (Å²) in [6, 6.07) is 0.298. The molecule has 3 heterocycles. The van der Waals surface area contributed by atoms with E-state index in [0.29, 0.717) is 12.0 Å². The Hall–Kier alpha value is -1.57. The summed E-state index contributed by atoms with van der Waals surface area (Å²) in [5, 5.41) is 6.70. The fraction of sp³-hybridized carbons (Fsp3) is 0.759. The number of methoxy groups -OCH3 is 1. The number of aromatic nitrogens is 1. The topological polar surface area (TPSA) is 87.4 Å². The van der Waals surface area contributed by atoms with Crippen LogP contribution in [0.25, 0.3) is 6.08 Å². The second kappa shape index (κ2) is 11.4. The van der Waals surface area contributed by atoms with E-state index in [4.69, 9.17) is 9.47 Å². The number of aryl methyl sites for hydroxylation is 1. The number of thiazole rings is 1. The van der Waals surface area contributed by atoms with Crippen LogP contribution in [0.1, 0.15) is 91.3 Å². The van der Waals surface area contributed by atoms with Crippen molar-refractivity contribution in [3.63, 3.8) is 0 Å². The fourth-order valence-corrected chi connectivity index (χ4v) is 6.33. The Balaban J connectivity index is 1.88. The molecule has 36 heavy (non-hydrogen) atoms. The molecular weight excluding hydrogens is 472 g/mol. The van der Waals surface area contributed by atoms with Crippen LogP contribution in [0, 0.1) is 30.1 Å². The van der Waals surface area contributed by atoms with Gasteiger partial charge in [0.25, 0.3) is 0 Å². The van der Waals surface area contributed by atoms with Crippen LogP contribution in [0.15, 0.2) is 11.0 Å². The van der Waals surface area contributed by atoms with Gasteiger partial charge in [-0.25, -0.2) is 4.98 Å². The lowest BCUT2D eigenvalue weighted by molar-refractivity contribution is -0.155. The van der Waals surface area contributed by atoms with Crippen molar-refractivity contribution in [2.45, 2.75) is 111 Å². The first-order chi connectivity index (χ1) is 16.8. The SMILES string of the molecule is CO[C@H]1CC(=O)O[C@H](/C(C)=C/c2csc(C)n2)C[C@@H]2N[C@]2(C)CCC[C@H](C)[C@H](C)[C@@H](C)C(=O)C1(C)C. The number of nitrogens with zero attached hydrogens (tertiary/aromatic N) is 1. The molecule has 0 radical (unpaired) electrons. The standard InChI is InChI=1S/C29H46N2O4S/c1-17-11-10-12-29(8)24(31-29)14-23(18(2)13-22-16-36-21(5)30-22)35-26(32)15-25(34-9)28(6,7)27(33)20(4)19(17)3/h13,16-17,19-20,23-25,31H,10-12,14-15H2,1-9H3/b18-13+/t17-,19-,20+,23-,24-,25-,29+/m0/s1. The Morgan fingerprint density at radius 2 is 1.94 bits per heavy atom. The zero-order chi connectivity index (χ0) is 26.8. The van der Waals surface area contributed by atoms with Crippen molar-refractivity contribution in [1.29, 1.82) is 0 Å². The van der Waals surface area contributed by atoms with Crippen molar-refractivity contribution in [3.8, 4) is 0 Å². The van der Waals surface area contributed by atoms with Gasteiger partial charge in [0.1, 0.15) is 11.9 Å². The van der Waals surface area contributed by atoms with Crippen LogP contribution in [-0.4, -0.2) is 47.6 Å². The van der Waals surface area contributed by atoms with Crippen molar-refractivity contribution in [2.75, 3.05) is 7.11 Å². The average molecular weight is 519 g/mol. The lowest BCUT2D eigenvalue weighted by atomic mass is 9.70. The van der Waals surface area contributed by atoms with Gasteiger partial charge < -0.3 is 14.8 Å². The number of rotatable bonds is 3. The van der Waals surface area contributed by atoms with Gasteiger partial charge in [-0.2, -0.15) is 0 Å². The molecule has 0 unspecified atom stereocenters. The van der Waals surface area contributed by atoms with Gasteiger partial charge in [0.15, 0.2) is 0 Å². The second-order valence-corrected chi connectivity index (χ2v) is 13.1. The number of fused-ring (bicyclic) bond motifs is 1. The first-order valence-electron chi connectivity index (χ1n) is 13.4. The van der Waals surface area contributed by atoms with E-state index in [-0.39, 0.29) is 41.7 Å². The van der Waals surface area contributed by atoms with Crippen LogP contribution in [0.3, 0.4) is 0 Å². The number of Topliss-reactive ketones (excluding diaryl/α,β-unsaturated/α-hetero) is 1. The molecule has 2 aliphatic heterocycles. The molecule has 2 aliphatic rings. The van der Waals surface area contributed by atoms with Crippen LogP contribution in [-0.2, 0) is 19.1 Å². The summed E-state index contributed by atoms with van der Waals surface area (Å²) < 4.78 is 11.8. The molecule has 202 valence electrons. The number of carbonyl (C=O) groups is 2. The van der Waals surface area contributed by atoms with Gasteiger partial charge in [-0.3, -0.25) is 9.59 Å². The summed E-state index contributed by atoms with van der Waals surface area (Å²) in [6.07, 6.45) is 5.14. The Morgan fingerprint density at radius 1 is 1.25 bits per heavy atom. The Morgan fingerprint density at radius 3 is 2.56 bits per heavy atom. The van der Waals surface area contributed by atoms with E-state index < -0.39 is 11.5 Å². The highest BCUT2D eigenvalue weighted by molar-refractivity contribution is 7.09. The maximum atomic E-state index is 13.6. The van der Waals surface area contributed by atoms with E-state index in [0.717, 1.165) is 42.0 Å². The van der Waals surface area contributed by atoms with Crippen molar-refractivity contribution in [2.24, 2.45) is 23.2 Å². The maximum Gasteiger partial charge on any atom is 0.309 e. The van der Waals surface area contributed by atoms with Crippen LogP contribution < -0.4 is 5.32 Å². The zero-order valence-electron chi connectivity index (χ0n) is 23.6. The maximum absolute atomic E-state index is 13.6. The Labute approximate surface area is 221 Å². The molecule has 0 bridgehead atoms. The Kier molecular flexibility index (Phi) is 9.22. The number of hydrogen-bond acceptors (Lipinski definition) is 7. The second-order valence-electron chi connectivity index (χ2n) is 12.0. The molecule has 0 amide bonds. The average Bonchev–Trinajstić information content (AvgIpc) is 3.26. The molecule has 1 aromatic rings. The van der Waals surface area contributed by atoms with E-state index in [1.165, 1.54) is 0 Å². The van der Waals surface area contributed by atoms with Crippen LogP contribution in [0.5, 0.6) is 0 Å². The number of hydrogen-bond donors (Lipinski definition) is 1. The van der Waals surface area contributed by atoms with Gasteiger partial charge in [-0.1, -0.05) is 47.5 Å². The molecule has 7 atom stereocenters. The summed E-state index contributed by atoms with van der Waals surface area (Å²) >= 11 is 1.61. The van der Waals surface area contributed by atoms with E-state index in [1.807, 2.05) is 46.1 Å². The third-order valence-corrected chi connectivity index (χ3v) is 9.76. The Bertz CT molecular complexity index is 970. The molecule has 7 heteroatoms. The third-order valence-electron chi connectivity index (χ3n) is 8.97. The molecule has 2 fully saturated rings. The van der Waals surface area contributed by atoms with E-state index in [2.05, 4.69) is 31.1 Å². The number of ether oxygens (including phenoxy) is 2. The lowest BCUT2D eigenvalue weighted by Gasteiger charge is -2.36. The lowest BCUT2D eigenvalue weighted by Crippen LogP contribution is -2.45. The highest BCUT2D eigenvalue weighted by Crippen LogP contribution is 2.40. The van der Waals surface area contributed by atoms with Crippen molar-refractivity contribution in [1.82, 2.24) is 10.3 Å². The van der Waals surface area contributed by atoms with Gasteiger partial charge in [0.2, 0.25) is 0 Å². The van der Waals surface area contributed by atoms with Gasteiger partial charge in [-0.15, -0.1) is 11.3 Å². The van der Waals surface area contributed by atoms with E-state index in [9.17, 15) is 9.59 Å². The third kappa shape index (κ3) is 6.65. The summed E-state index contributed by atoms with van der Waals surface area (Å²) in [5.74, 6) is 0.406. The van der Waals surface area contributed by atoms with E-state index >= 15 is 0 Å². The highest BCUT2D eigenvalue weighted by atomic mass is 32.1. The molecule has 1 N–H and O–H groups in total. The van der Waals surface area contributed by atoms with Gasteiger partial charge in [-0.05, 0) is 50.7 Å². The van der Waals surface area contributed by atoms with E-state index in [1.54, 1.807) is 18.4 Å². The molecule has 0 saturated carbocycles. The molecule has 3 rings (SSSR count). The molecule has 0 aliphatic carbocycles. The van der Waals surface area contributed by atoms with Gasteiger partial charge in [0, 0.05) is 36.4 Å². The largest absolute Gasteiger partial charge is 0.458 e. The molecule has 1 aromatic heterocycles. The van der Waals surface area contributed by atoms with Crippen molar-refractivity contribution >= 4 is 29.2 Å². The minimum Gasteiger partial charge on any atom is -0.458 e. The predicted octanol–water partition coefficient (Wildman–Crippen LogP) is 5.98. The van der Waals surface area contributed by atoms with Crippen molar-refractivity contribution in [3.05, 3.63) is 21.7 Å². The number of ketones is 1. The monoisotopic (exact) mass is 518 g/mol. The highest BCUT2D eigenvalue weighted by Gasteiger charge is 2.50. The molecule has 6 nitrogen and oxygen atoms in total. The normalized spacial score (nSPS) is 36.8. The van der Waals surface area contributed by atoms with Gasteiger partial charge >= 0.3 is 5.97 Å². The quantitative estimate of drug-likeness (QED) is 0.391. The summed E-state index contributed by atoms with van der Waals surface area (Å²) in [7, 11) is 1.58. The number of carbonyl (C=O) groups excluding carboxylic acids is 2. The number of nitrogens with one attached hydrogen (secondary N) is 1. The molecule has 0 aromatic carbocycles. The summed E-state index contributed by atoms with van der Waals surface area (Å²) in [5.41, 5.74) is 1.13. The molecule has 2 saturated heterocycles. The first kappa shape index (κ1) is 29.0. The van der Waals surface area contributed by atoms with Gasteiger partial charge in [0.05, 0.1) is 28.6 Å². The minimum absolute atomic E-state index is 0.0425. The summed E-state index contributed by atoms with van der Waals surface area (Å²) in [6.45, 7) is 16.6. The number of cyclic esters (lactones) is 1. The van der Waals surface area contributed by atoms with Crippen LogP contribution >= 0.6 is 11.3 Å². The van der Waals surface area contributed by atoms with Crippen LogP contribution in [0.2, 0.25) is 0 Å². The molecular formula is C29H46N2O4S. The fourth-order valence-electron chi connectivity index (χ4n) is 5.76. The van der Waals surface area contributed by atoms with Crippen LogP contribution in [0.4, 0.5) is 0 Å². The molecule has 0 spiro atoms. The first-order valence-corrected chi connectivity index (χ1v) is 14.3. The zero-order valence-corrected chi connectivity index (χ0v) is 24.5. The predicted molar refractivity (Wildman–Crippen MR) is 146 cm³/mol. The van der Waals surface area contributed by atoms with Crippen molar-refractivity contribution < 1.29 is 19.1 Å².